The van der Waals surface area contributed by atoms with Crippen LogP contribution in [0.5, 0.6) is 0 Å². The van der Waals surface area contributed by atoms with Crippen LogP contribution in [0, 0.1) is 0 Å². The number of rotatable bonds is 1. The highest BCUT2D eigenvalue weighted by atomic mass is 79.9. The van der Waals surface area contributed by atoms with Crippen LogP contribution in [0.25, 0.3) is 38.3 Å². The second-order valence-electron chi connectivity index (χ2n) is 6.10. The first-order valence-corrected chi connectivity index (χ1v) is 9.28. The van der Waals surface area contributed by atoms with Gasteiger partial charge in [-0.1, -0.05) is 76.1 Å². The van der Waals surface area contributed by atoms with Crippen molar-refractivity contribution >= 4 is 60.1 Å². The fourth-order valence-corrected chi connectivity index (χ4v) is 4.41. The summed E-state index contributed by atoms with van der Waals surface area (Å²) in [6, 6.07) is 27.3. The molecule has 0 N–H and O–H groups in total. The average Bonchev–Trinajstić information content (AvgIpc) is 2.98. The average molecular weight is 407 g/mol. The molecule has 25 heavy (non-hydrogen) atoms. The number of benzene rings is 4. The lowest BCUT2D eigenvalue weighted by Gasteiger charge is -2.13. The molecule has 1 heterocycles. The van der Waals surface area contributed by atoms with Crippen LogP contribution >= 0.6 is 27.5 Å². The first kappa shape index (κ1) is 15.0. The largest absolute Gasteiger partial charge is 0.309 e. The Morgan fingerprint density at radius 2 is 1.24 bits per heavy atom. The maximum Gasteiger partial charge on any atom is 0.0556 e. The van der Waals surface area contributed by atoms with Crippen molar-refractivity contribution in [3.05, 3.63) is 88.4 Å². The molecule has 4 aromatic carbocycles. The van der Waals surface area contributed by atoms with Gasteiger partial charge in [0.1, 0.15) is 0 Å². The molecule has 1 aromatic heterocycles. The summed E-state index contributed by atoms with van der Waals surface area (Å²) in [4.78, 5) is 0. The van der Waals surface area contributed by atoms with Gasteiger partial charge in [-0.25, -0.2) is 0 Å². The molecule has 5 aromatic rings. The maximum atomic E-state index is 6.62. The number of fused-ring (bicyclic) bond motifs is 4. The van der Waals surface area contributed by atoms with Crippen LogP contribution in [0.3, 0.4) is 0 Å². The highest BCUT2D eigenvalue weighted by Crippen LogP contribution is 2.38. The monoisotopic (exact) mass is 405 g/mol. The van der Waals surface area contributed by atoms with Crippen LogP contribution in [0.15, 0.2) is 83.3 Å². The van der Waals surface area contributed by atoms with E-state index in [-0.39, 0.29) is 0 Å². The summed E-state index contributed by atoms with van der Waals surface area (Å²) in [7, 11) is 0. The Morgan fingerprint density at radius 1 is 0.640 bits per heavy atom. The predicted octanol–water partition coefficient (Wildman–Crippen LogP) is 7.35. The van der Waals surface area contributed by atoms with E-state index in [1.165, 1.54) is 21.8 Å². The molecule has 5 rings (SSSR count). The van der Waals surface area contributed by atoms with E-state index in [2.05, 4.69) is 87.2 Å². The first-order chi connectivity index (χ1) is 12.3. The number of halogens is 2. The summed E-state index contributed by atoms with van der Waals surface area (Å²) in [6.45, 7) is 0. The Labute approximate surface area is 158 Å². The molecule has 0 aliphatic carbocycles. The third-order valence-corrected chi connectivity index (χ3v) is 5.74. The zero-order valence-electron chi connectivity index (χ0n) is 13.2. The lowest BCUT2D eigenvalue weighted by molar-refractivity contribution is 1.20. The van der Waals surface area contributed by atoms with Gasteiger partial charge in [0.2, 0.25) is 0 Å². The van der Waals surface area contributed by atoms with Crippen molar-refractivity contribution < 1.29 is 0 Å². The minimum Gasteiger partial charge on any atom is -0.309 e. The Balaban J connectivity index is 2.04. The van der Waals surface area contributed by atoms with Crippen molar-refractivity contribution in [1.82, 2.24) is 4.57 Å². The van der Waals surface area contributed by atoms with E-state index >= 15 is 0 Å². The number of hydrogen-bond acceptors (Lipinski definition) is 0. The fraction of sp³-hybridized carbons (Fsp3) is 0. The topological polar surface area (TPSA) is 4.93 Å². The smallest absolute Gasteiger partial charge is 0.0556 e. The highest BCUT2D eigenvalue weighted by Gasteiger charge is 2.15. The zero-order chi connectivity index (χ0) is 17.0. The Hall–Kier alpha value is -2.29. The molecule has 0 aliphatic heterocycles. The van der Waals surface area contributed by atoms with Crippen molar-refractivity contribution in [2.45, 2.75) is 0 Å². The quantitative estimate of drug-likeness (QED) is 0.274. The number of nitrogens with zero attached hydrogens (tertiary/aromatic N) is 1. The van der Waals surface area contributed by atoms with E-state index < -0.39 is 0 Å². The van der Waals surface area contributed by atoms with Gasteiger partial charge in [-0.2, -0.15) is 0 Å². The van der Waals surface area contributed by atoms with Crippen LogP contribution in [0.1, 0.15) is 0 Å². The van der Waals surface area contributed by atoms with Crippen LogP contribution in [0.4, 0.5) is 0 Å². The van der Waals surface area contributed by atoms with Crippen molar-refractivity contribution in [1.29, 1.82) is 0 Å². The summed E-state index contributed by atoms with van der Waals surface area (Å²) in [5, 5.41) is 5.44. The molecule has 0 atom stereocenters. The van der Waals surface area contributed by atoms with E-state index in [0.717, 1.165) is 26.0 Å². The Bertz CT molecular complexity index is 1220. The molecule has 120 valence electrons. The molecular formula is C22H13BrClN. The molecule has 0 amide bonds. The summed E-state index contributed by atoms with van der Waals surface area (Å²) >= 11 is 10.3. The number of aromatic nitrogens is 1. The summed E-state index contributed by atoms with van der Waals surface area (Å²) in [6.07, 6.45) is 0. The molecule has 0 unspecified atom stereocenters. The zero-order valence-corrected chi connectivity index (χ0v) is 15.6. The summed E-state index contributed by atoms with van der Waals surface area (Å²) in [5.41, 5.74) is 3.47. The number of hydrogen-bond donors (Lipinski definition) is 0. The lowest BCUT2D eigenvalue weighted by atomic mass is 10.1. The third kappa shape index (κ3) is 2.14. The fourth-order valence-electron chi connectivity index (χ4n) is 3.68. The third-order valence-electron chi connectivity index (χ3n) is 4.74. The van der Waals surface area contributed by atoms with Gasteiger partial charge in [-0.3, -0.25) is 0 Å². The van der Waals surface area contributed by atoms with E-state index in [1.807, 2.05) is 12.1 Å². The molecule has 0 bridgehead atoms. The van der Waals surface area contributed by atoms with Gasteiger partial charge in [0.15, 0.2) is 0 Å². The van der Waals surface area contributed by atoms with Gasteiger partial charge in [-0.15, -0.1) is 0 Å². The van der Waals surface area contributed by atoms with Crippen molar-refractivity contribution in [3.8, 4) is 5.69 Å². The second kappa shape index (κ2) is 5.62. The van der Waals surface area contributed by atoms with Gasteiger partial charge < -0.3 is 4.57 Å². The van der Waals surface area contributed by atoms with E-state index in [0.29, 0.717) is 0 Å². The normalized spacial score (nSPS) is 11.6. The Morgan fingerprint density at radius 3 is 1.92 bits per heavy atom. The molecule has 3 heteroatoms. The summed E-state index contributed by atoms with van der Waals surface area (Å²) in [5.74, 6) is 0. The van der Waals surface area contributed by atoms with Crippen molar-refractivity contribution in [2.24, 2.45) is 0 Å². The summed E-state index contributed by atoms with van der Waals surface area (Å²) < 4.78 is 3.36. The van der Waals surface area contributed by atoms with Crippen LogP contribution < -0.4 is 0 Å². The molecule has 0 saturated heterocycles. The molecule has 0 radical (unpaired) electrons. The van der Waals surface area contributed by atoms with Gasteiger partial charge in [0, 0.05) is 20.6 Å². The Kier molecular flexibility index (Phi) is 3.37. The number of para-hydroxylation sites is 2. The maximum absolute atomic E-state index is 6.62. The molecule has 0 saturated carbocycles. The van der Waals surface area contributed by atoms with Crippen molar-refractivity contribution in [2.75, 3.05) is 0 Å². The van der Waals surface area contributed by atoms with Gasteiger partial charge in [0.25, 0.3) is 0 Å². The second-order valence-corrected chi connectivity index (χ2v) is 7.36. The van der Waals surface area contributed by atoms with E-state index in [1.54, 1.807) is 0 Å². The minimum atomic E-state index is 0.760. The van der Waals surface area contributed by atoms with Crippen LogP contribution in [0.2, 0.25) is 5.02 Å². The molecule has 0 spiro atoms. The molecular weight excluding hydrogens is 394 g/mol. The molecule has 1 nitrogen and oxygen atoms in total. The highest BCUT2D eigenvalue weighted by molar-refractivity contribution is 9.10. The van der Waals surface area contributed by atoms with Gasteiger partial charge >= 0.3 is 0 Å². The van der Waals surface area contributed by atoms with Gasteiger partial charge in [-0.05, 0) is 35.7 Å². The first-order valence-electron chi connectivity index (χ1n) is 8.11. The van der Waals surface area contributed by atoms with E-state index in [9.17, 15) is 0 Å². The molecule has 0 fully saturated rings. The lowest BCUT2D eigenvalue weighted by Crippen LogP contribution is -1.96. The van der Waals surface area contributed by atoms with E-state index in [4.69, 9.17) is 11.6 Å². The van der Waals surface area contributed by atoms with Crippen LogP contribution in [-0.2, 0) is 0 Å². The predicted molar refractivity (Wildman–Crippen MR) is 111 cm³/mol. The minimum absolute atomic E-state index is 0.760. The van der Waals surface area contributed by atoms with Gasteiger partial charge in [0.05, 0.1) is 21.7 Å². The standard InChI is InChI=1S/C22H13BrClN/c23-17-12-13-21(22-16(17)8-5-9-18(22)24)25-19-10-3-1-6-14(19)15-7-2-4-11-20(15)25/h1-13H. The SMILES string of the molecule is Clc1cccc2c(Br)ccc(-n3c4ccccc4c4ccccc43)c12. The van der Waals surface area contributed by atoms with Crippen LogP contribution in [-0.4, -0.2) is 4.57 Å². The van der Waals surface area contributed by atoms with Crippen molar-refractivity contribution in [3.63, 3.8) is 0 Å². The molecule has 0 aliphatic rings.